The maximum absolute atomic E-state index is 11.6. The first-order valence-corrected chi connectivity index (χ1v) is 6.67. The molecule has 1 aliphatic rings. The fourth-order valence-corrected chi connectivity index (χ4v) is 2.50. The van der Waals surface area contributed by atoms with Crippen LogP contribution in [-0.2, 0) is 13.0 Å². The molecule has 0 amide bonds. The Kier molecular flexibility index (Phi) is 2.94. The van der Waals surface area contributed by atoms with Gasteiger partial charge in [-0.3, -0.25) is 14.5 Å². The molecule has 0 unspecified atom stereocenters. The van der Waals surface area contributed by atoms with Gasteiger partial charge in [0.15, 0.2) is 4.77 Å². The van der Waals surface area contributed by atoms with Crippen molar-refractivity contribution < 1.29 is 0 Å². The van der Waals surface area contributed by atoms with Crippen LogP contribution in [0.15, 0.2) is 23.1 Å². The standard InChI is InChI=1S/C13H14N4OS/c1-2-16-7-9(4-6-12(16)18)10-3-5-11-14-15-13(19)17(11)8-10/h4,6-8H,2-3,5H2,1H3,(H,15,19). The third-order valence-corrected chi connectivity index (χ3v) is 3.66. The van der Waals surface area contributed by atoms with Crippen molar-refractivity contribution in [2.24, 2.45) is 0 Å². The molecule has 0 atom stereocenters. The Morgan fingerprint density at radius 2 is 2.26 bits per heavy atom. The second-order valence-corrected chi connectivity index (χ2v) is 4.90. The predicted octanol–water partition coefficient (Wildman–Crippen LogP) is 2.07. The zero-order valence-electron chi connectivity index (χ0n) is 10.6. The summed E-state index contributed by atoms with van der Waals surface area (Å²) in [7, 11) is 0. The van der Waals surface area contributed by atoms with Crippen molar-refractivity contribution in [2.75, 3.05) is 0 Å². The predicted molar refractivity (Wildman–Crippen MR) is 76.3 cm³/mol. The van der Waals surface area contributed by atoms with Crippen molar-refractivity contribution in [3.63, 3.8) is 0 Å². The van der Waals surface area contributed by atoms with E-state index in [9.17, 15) is 4.79 Å². The Morgan fingerprint density at radius 3 is 3.05 bits per heavy atom. The molecule has 0 spiro atoms. The fourth-order valence-electron chi connectivity index (χ4n) is 2.30. The highest BCUT2D eigenvalue weighted by molar-refractivity contribution is 7.71. The number of hydrogen-bond acceptors (Lipinski definition) is 3. The van der Waals surface area contributed by atoms with Crippen LogP contribution < -0.4 is 5.56 Å². The van der Waals surface area contributed by atoms with Crippen LogP contribution in [0.2, 0.25) is 0 Å². The third kappa shape index (κ3) is 2.08. The van der Waals surface area contributed by atoms with Gasteiger partial charge in [-0.25, -0.2) is 0 Å². The summed E-state index contributed by atoms with van der Waals surface area (Å²) < 4.78 is 4.21. The number of pyridine rings is 1. The van der Waals surface area contributed by atoms with E-state index in [2.05, 4.69) is 10.2 Å². The number of aryl methyl sites for hydroxylation is 2. The molecule has 0 bridgehead atoms. The Balaban J connectivity index is 2.09. The maximum Gasteiger partial charge on any atom is 0.250 e. The highest BCUT2D eigenvalue weighted by Crippen LogP contribution is 2.25. The van der Waals surface area contributed by atoms with E-state index in [1.54, 1.807) is 10.6 Å². The molecule has 0 aliphatic carbocycles. The molecule has 1 N–H and O–H groups in total. The number of aromatic nitrogens is 4. The molecule has 98 valence electrons. The van der Waals surface area contributed by atoms with Crippen molar-refractivity contribution in [3.05, 3.63) is 44.8 Å². The number of nitrogens with zero attached hydrogens (tertiary/aromatic N) is 3. The van der Waals surface area contributed by atoms with Crippen LogP contribution in [0.1, 0.15) is 24.7 Å². The zero-order valence-corrected chi connectivity index (χ0v) is 11.4. The molecule has 0 saturated carbocycles. The van der Waals surface area contributed by atoms with Crippen LogP contribution in [0.25, 0.3) is 11.8 Å². The van der Waals surface area contributed by atoms with Crippen LogP contribution in [0, 0.1) is 4.77 Å². The molecular formula is C13H14N4OS. The average Bonchev–Trinajstić information content (AvgIpc) is 2.80. The number of H-pyrrole nitrogens is 1. The number of rotatable bonds is 2. The van der Waals surface area contributed by atoms with Crippen LogP contribution in [-0.4, -0.2) is 19.3 Å². The van der Waals surface area contributed by atoms with E-state index in [1.807, 2.05) is 30.0 Å². The van der Waals surface area contributed by atoms with E-state index >= 15 is 0 Å². The lowest BCUT2D eigenvalue weighted by molar-refractivity contribution is 0.724. The Labute approximate surface area is 115 Å². The lowest BCUT2D eigenvalue weighted by atomic mass is 10.0. The first-order valence-electron chi connectivity index (χ1n) is 6.26. The molecule has 19 heavy (non-hydrogen) atoms. The van der Waals surface area contributed by atoms with Gasteiger partial charge >= 0.3 is 0 Å². The van der Waals surface area contributed by atoms with Crippen molar-refractivity contribution in [1.29, 1.82) is 0 Å². The Hall–Kier alpha value is -1.95. The number of aromatic amines is 1. The summed E-state index contributed by atoms with van der Waals surface area (Å²) in [6, 6.07) is 3.48. The lowest BCUT2D eigenvalue weighted by Gasteiger charge is -2.15. The van der Waals surface area contributed by atoms with Gasteiger partial charge in [-0.05, 0) is 42.8 Å². The first-order chi connectivity index (χ1) is 9.19. The van der Waals surface area contributed by atoms with Crippen LogP contribution in [0.3, 0.4) is 0 Å². The second kappa shape index (κ2) is 4.62. The van der Waals surface area contributed by atoms with E-state index in [1.165, 1.54) is 5.57 Å². The minimum atomic E-state index is 0.0308. The van der Waals surface area contributed by atoms with Gasteiger partial charge in [-0.15, -0.1) is 0 Å². The number of nitrogens with one attached hydrogen (secondary N) is 1. The smallest absolute Gasteiger partial charge is 0.250 e. The number of allylic oxidation sites excluding steroid dienone is 1. The average molecular weight is 274 g/mol. The van der Waals surface area contributed by atoms with E-state index in [-0.39, 0.29) is 5.56 Å². The first kappa shape index (κ1) is 12.1. The molecule has 3 heterocycles. The summed E-state index contributed by atoms with van der Waals surface area (Å²) in [6.45, 7) is 2.64. The van der Waals surface area contributed by atoms with Crippen LogP contribution in [0.5, 0.6) is 0 Å². The van der Waals surface area contributed by atoms with Gasteiger partial charge in [0.1, 0.15) is 5.82 Å². The molecule has 1 aliphatic heterocycles. The van der Waals surface area contributed by atoms with Gasteiger partial charge in [-0.1, -0.05) is 0 Å². The molecule has 6 heteroatoms. The largest absolute Gasteiger partial charge is 0.315 e. The van der Waals surface area contributed by atoms with Gasteiger partial charge in [0.05, 0.1) is 0 Å². The van der Waals surface area contributed by atoms with Gasteiger partial charge < -0.3 is 4.57 Å². The maximum atomic E-state index is 11.6. The summed E-state index contributed by atoms with van der Waals surface area (Å²) in [5.74, 6) is 0.956. The van der Waals surface area contributed by atoms with Gasteiger partial charge in [0.25, 0.3) is 5.56 Å². The summed E-state index contributed by atoms with van der Waals surface area (Å²) >= 11 is 5.19. The molecule has 2 aromatic rings. The molecule has 0 aromatic carbocycles. The topological polar surface area (TPSA) is 55.6 Å². The monoisotopic (exact) mass is 274 g/mol. The van der Waals surface area contributed by atoms with E-state index in [4.69, 9.17) is 12.2 Å². The van der Waals surface area contributed by atoms with Gasteiger partial charge in [-0.2, -0.15) is 5.10 Å². The summed E-state index contributed by atoms with van der Waals surface area (Å²) in [4.78, 5) is 11.6. The SMILES string of the molecule is CCn1cc(C2=Cn3c(n[nH]c3=S)CC2)ccc1=O. The van der Waals surface area contributed by atoms with E-state index in [0.29, 0.717) is 11.3 Å². The fraction of sp³-hybridized carbons (Fsp3) is 0.308. The lowest BCUT2D eigenvalue weighted by Crippen LogP contribution is -2.18. The normalized spacial score (nSPS) is 14.1. The number of fused-ring (bicyclic) bond motifs is 1. The van der Waals surface area contributed by atoms with Crippen molar-refractivity contribution in [1.82, 2.24) is 19.3 Å². The molecule has 0 fully saturated rings. The van der Waals surface area contributed by atoms with Crippen molar-refractivity contribution in [2.45, 2.75) is 26.3 Å². The summed E-state index contributed by atoms with van der Waals surface area (Å²) in [5, 5.41) is 6.98. The second-order valence-electron chi connectivity index (χ2n) is 4.51. The Bertz CT molecular complexity index is 765. The van der Waals surface area contributed by atoms with Gasteiger partial charge in [0, 0.05) is 31.4 Å². The molecule has 2 aromatic heterocycles. The molecule has 3 rings (SSSR count). The highest BCUT2D eigenvalue weighted by Gasteiger charge is 2.14. The molecular weight excluding hydrogens is 260 g/mol. The summed E-state index contributed by atoms with van der Waals surface area (Å²) in [5.41, 5.74) is 2.27. The van der Waals surface area contributed by atoms with Crippen molar-refractivity contribution in [3.8, 4) is 0 Å². The minimum absolute atomic E-state index is 0.0308. The molecule has 0 saturated heterocycles. The number of hydrogen-bond donors (Lipinski definition) is 1. The van der Waals surface area contributed by atoms with Crippen LogP contribution >= 0.6 is 12.2 Å². The van der Waals surface area contributed by atoms with Crippen LogP contribution in [0.4, 0.5) is 0 Å². The van der Waals surface area contributed by atoms with Crippen molar-refractivity contribution >= 4 is 24.0 Å². The van der Waals surface area contributed by atoms with E-state index in [0.717, 1.165) is 24.2 Å². The zero-order chi connectivity index (χ0) is 13.4. The minimum Gasteiger partial charge on any atom is -0.315 e. The van der Waals surface area contributed by atoms with E-state index < -0.39 is 0 Å². The summed E-state index contributed by atoms with van der Waals surface area (Å²) in [6.07, 6.45) is 5.67. The molecule has 0 radical (unpaired) electrons. The third-order valence-electron chi connectivity index (χ3n) is 3.38. The quantitative estimate of drug-likeness (QED) is 0.853. The Morgan fingerprint density at radius 1 is 1.42 bits per heavy atom. The highest BCUT2D eigenvalue weighted by atomic mass is 32.1. The molecule has 5 nitrogen and oxygen atoms in total. The van der Waals surface area contributed by atoms with Gasteiger partial charge in [0.2, 0.25) is 0 Å².